The molecule has 1 unspecified atom stereocenters. The van der Waals surface area contributed by atoms with Crippen molar-refractivity contribution in [3.8, 4) is 33.8 Å². The van der Waals surface area contributed by atoms with Crippen molar-refractivity contribution < 1.29 is 4.74 Å². The first-order valence-electron chi connectivity index (χ1n) is 18.3. The summed E-state index contributed by atoms with van der Waals surface area (Å²) >= 11 is 0. The van der Waals surface area contributed by atoms with Crippen LogP contribution in [0, 0.1) is 0 Å². The van der Waals surface area contributed by atoms with E-state index in [9.17, 15) is 0 Å². The van der Waals surface area contributed by atoms with E-state index in [2.05, 4.69) is 205 Å². The molecule has 248 valence electrons. The van der Waals surface area contributed by atoms with Gasteiger partial charge in [-0.1, -0.05) is 152 Å². The van der Waals surface area contributed by atoms with Gasteiger partial charge >= 0.3 is 0 Å². The van der Waals surface area contributed by atoms with Gasteiger partial charge in [0.1, 0.15) is 11.5 Å². The second-order valence-corrected chi connectivity index (χ2v) is 14.1. The van der Waals surface area contributed by atoms with Crippen LogP contribution in [0.15, 0.2) is 200 Å². The Labute approximate surface area is 308 Å². The van der Waals surface area contributed by atoms with E-state index in [1.165, 1.54) is 49.4 Å². The molecule has 1 aliphatic heterocycles. The van der Waals surface area contributed by atoms with E-state index in [1.807, 2.05) is 0 Å². The summed E-state index contributed by atoms with van der Waals surface area (Å²) in [4.78, 5) is 2.39. The number of hydrogen-bond acceptors (Lipinski definition) is 2. The van der Waals surface area contributed by atoms with Crippen molar-refractivity contribution in [1.29, 1.82) is 0 Å². The minimum atomic E-state index is -0.588. The molecule has 2 heteroatoms. The van der Waals surface area contributed by atoms with Gasteiger partial charge in [-0.3, -0.25) is 0 Å². The van der Waals surface area contributed by atoms with Crippen LogP contribution in [0.1, 0.15) is 22.3 Å². The monoisotopic (exact) mass is 675 g/mol. The van der Waals surface area contributed by atoms with Crippen LogP contribution in [0.25, 0.3) is 43.8 Å². The van der Waals surface area contributed by atoms with E-state index in [-0.39, 0.29) is 0 Å². The van der Waals surface area contributed by atoms with Gasteiger partial charge in [0, 0.05) is 28.2 Å². The predicted molar refractivity (Wildman–Crippen MR) is 219 cm³/mol. The summed E-state index contributed by atoms with van der Waals surface area (Å²) in [5, 5.41) is 4.90. The van der Waals surface area contributed by atoms with Crippen LogP contribution in [0.4, 0.5) is 17.1 Å². The molecule has 0 aromatic heterocycles. The fourth-order valence-corrected chi connectivity index (χ4v) is 9.02. The first-order chi connectivity index (χ1) is 26.3. The van der Waals surface area contributed by atoms with Gasteiger partial charge in [-0.2, -0.15) is 0 Å². The molecule has 53 heavy (non-hydrogen) atoms. The number of hydrogen-bond donors (Lipinski definition) is 0. The van der Waals surface area contributed by atoms with E-state index < -0.39 is 5.41 Å². The summed E-state index contributed by atoms with van der Waals surface area (Å²) in [5.41, 5.74) is 12.4. The Balaban J connectivity index is 1.18. The molecule has 9 aromatic rings. The zero-order valence-electron chi connectivity index (χ0n) is 28.9. The summed E-state index contributed by atoms with van der Waals surface area (Å²) in [6, 6.07) is 72.7. The molecule has 1 spiro atoms. The fourth-order valence-electron chi connectivity index (χ4n) is 9.02. The van der Waals surface area contributed by atoms with Crippen molar-refractivity contribution in [3.05, 3.63) is 222 Å². The van der Waals surface area contributed by atoms with Crippen molar-refractivity contribution >= 4 is 38.6 Å². The zero-order valence-corrected chi connectivity index (χ0v) is 28.9. The normalized spacial score (nSPS) is 15.0. The number of fused-ring (bicyclic) bond motifs is 11. The number of rotatable bonds is 4. The highest BCUT2D eigenvalue weighted by molar-refractivity contribution is 5.98. The molecule has 1 atom stereocenters. The number of para-hydroxylation sites is 2. The second kappa shape index (κ2) is 11.6. The molecular formula is C51H33NO. The summed E-state index contributed by atoms with van der Waals surface area (Å²) in [6.45, 7) is 0. The Morgan fingerprint density at radius 2 is 0.981 bits per heavy atom. The SMILES string of the molecule is c1ccc(N(c2ccc3c(c2)C2(c4ccccc4Oc4cc(-c5cccc6ccccc56)ccc42)c2ccccc2-3)c2ccc3ccccc3c2)cc1. The van der Waals surface area contributed by atoms with E-state index >= 15 is 0 Å². The van der Waals surface area contributed by atoms with Gasteiger partial charge < -0.3 is 9.64 Å². The van der Waals surface area contributed by atoms with Crippen LogP contribution in [-0.2, 0) is 5.41 Å². The van der Waals surface area contributed by atoms with E-state index in [4.69, 9.17) is 4.74 Å². The maximum absolute atomic E-state index is 6.92. The molecular weight excluding hydrogens is 643 g/mol. The molecule has 1 aliphatic carbocycles. The van der Waals surface area contributed by atoms with E-state index in [0.717, 1.165) is 45.3 Å². The molecule has 0 saturated carbocycles. The minimum Gasteiger partial charge on any atom is -0.457 e. The first-order valence-corrected chi connectivity index (χ1v) is 18.3. The van der Waals surface area contributed by atoms with Gasteiger partial charge in [-0.15, -0.1) is 0 Å². The third-order valence-corrected chi connectivity index (χ3v) is 11.3. The smallest absolute Gasteiger partial charge is 0.132 e. The average molecular weight is 676 g/mol. The number of anilines is 3. The molecule has 0 amide bonds. The Morgan fingerprint density at radius 3 is 1.89 bits per heavy atom. The van der Waals surface area contributed by atoms with Crippen LogP contribution in [0.5, 0.6) is 11.5 Å². The lowest BCUT2D eigenvalue weighted by molar-refractivity contribution is 0.436. The van der Waals surface area contributed by atoms with Crippen molar-refractivity contribution in [2.45, 2.75) is 5.41 Å². The number of nitrogens with zero attached hydrogens (tertiary/aromatic N) is 1. The zero-order chi connectivity index (χ0) is 34.9. The van der Waals surface area contributed by atoms with Crippen molar-refractivity contribution in [2.24, 2.45) is 0 Å². The maximum Gasteiger partial charge on any atom is 0.132 e. The molecule has 2 nitrogen and oxygen atoms in total. The van der Waals surface area contributed by atoms with Crippen molar-refractivity contribution in [2.75, 3.05) is 4.90 Å². The summed E-state index contributed by atoms with van der Waals surface area (Å²) in [6.07, 6.45) is 0. The quantitative estimate of drug-likeness (QED) is 0.184. The highest BCUT2D eigenvalue weighted by Gasteiger charge is 2.51. The van der Waals surface area contributed by atoms with E-state index in [0.29, 0.717) is 0 Å². The largest absolute Gasteiger partial charge is 0.457 e. The molecule has 1 heterocycles. The van der Waals surface area contributed by atoms with Crippen LogP contribution < -0.4 is 9.64 Å². The molecule has 2 aliphatic rings. The molecule has 0 N–H and O–H groups in total. The number of benzene rings is 9. The van der Waals surface area contributed by atoms with Gasteiger partial charge in [0.2, 0.25) is 0 Å². The standard InChI is InChI=1S/C51H33NO/c1-2-17-38(18-3-1)52(39-27-25-34-13-4-5-15-36(34)31-39)40-28-29-44-43-20-8-9-22-45(43)51(48(44)33-40)46-23-10-11-24-49(46)53-50-32-37(26-30-47(50)51)42-21-12-16-35-14-6-7-19-41(35)42/h1-33H. The maximum atomic E-state index is 6.92. The molecule has 0 saturated heterocycles. The third-order valence-electron chi connectivity index (χ3n) is 11.3. The lowest BCUT2D eigenvalue weighted by atomic mass is 9.66. The van der Waals surface area contributed by atoms with Gasteiger partial charge in [0.15, 0.2) is 0 Å². The number of ether oxygens (including phenoxy) is 1. The topological polar surface area (TPSA) is 12.5 Å². The van der Waals surface area contributed by atoms with Crippen LogP contribution in [0.2, 0.25) is 0 Å². The van der Waals surface area contributed by atoms with Crippen LogP contribution >= 0.6 is 0 Å². The highest BCUT2D eigenvalue weighted by Crippen LogP contribution is 2.63. The molecule has 0 bridgehead atoms. The fraction of sp³-hybridized carbons (Fsp3) is 0.0196. The summed E-state index contributed by atoms with van der Waals surface area (Å²) in [5.74, 6) is 1.77. The first kappa shape index (κ1) is 29.8. The minimum absolute atomic E-state index is 0.588. The van der Waals surface area contributed by atoms with Gasteiger partial charge in [-0.25, -0.2) is 0 Å². The Morgan fingerprint density at radius 1 is 0.340 bits per heavy atom. The lowest BCUT2D eigenvalue weighted by Gasteiger charge is -2.40. The van der Waals surface area contributed by atoms with Crippen molar-refractivity contribution in [1.82, 2.24) is 0 Å². The Hall–Kier alpha value is -6.90. The molecule has 0 fully saturated rings. The summed E-state index contributed by atoms with van der Waals surface area (Å²) in [7, 11) is 0. The van der Waals surface area contributed by atoms with Crippen LogP contribution in [0.3, 0.4) is 0 Å². The third kappa shape index (κ3) is 4.39. The average Bonchev–Trinajstić information content (AvgIpc) is 3.51. The Kier molecular flexibility index (Phi) is 6.50. The van der Waals surface area contributed by atoms with E-state index in [1.54, 1.807) is 0 Å². The highest BCUT2D eigenvalue weighted by atomic mass is 16.5. The lowest BCUT2D eigenvalue weighted by Crippen LogP contribution is -2.32. The Bertz CT molecular complexity index is 2890. The second-order valence-electron chi connectivity index (χ2n) is 14.1. The molecule has 11 rings (SSSR count). The molecule has 9 aromatic carbocycles. The summed E-state index contributed by atoms with van der Waals surface area (Å²) < 4.78 is 6.92. The predicted octanol–water partition coefficient (Wildman–Crippen LogP) is 13.6. The molecule has 0 radical (unpaired) electrons. The van der Waals surface area contributed by atoms with Gasteiger partial charge in [-0.05, 0) is 103 Å². The van der Waals surface area contributed by atoms with Gasteiger partial charge in [0.25, 0.3) is 0 Å². The van der Waals surface area contributed by atoms with Crippen molar-refractivity contribution in [3.63, 3.8) is 0 Å². The van der Waals surface area contributed by atoms with Gasteiger partial charge in [0.05, 0.1) is 5.41 Å². The van der Waals surface area contributed by atoms with Crippen LogP contribution in [-0.4, -0.2) is 0 Å².